The van der Waals surface area contributed by atoms with Crippen LogP contribution in [0.3, 0.4) is 0 Å². The first-order chi connectivity index (χ1) is 5.98. The molecule has 0 saturated heterocycles. The summed E-state index contributed by atoms with van der Waals surface area (Å²) in [6.07, 6.45) is 2.21. The summed E-state index contributed by atoms with van der Waals surface area (Å²) in [5, 5.41) is 0.198. The quantitative estimate of drug-likeness (QED) is 0.508. The largest absolute Gasteiger partial charge is 0.370 e. The maximum Gasteiger partial charge on any atom is 0.196 e. The van der Waals surface area contributed by atoms with E-state index in [1.54, 1.807) is 0 Å². The smallest absolute Gasteiger partial charge is 0.196 e. The molecule has 2 nitrogen and oxygen atoms in total. The number of carbonyl (C=O) groups is 1. The second kappa shape index (κ2) is 6.44. The van der Waals surface area contributed by atoms with E-state index in [2.05, 4.69) is 6.92 Å². The van der Waals surface area contributed by atoms with Gasteiger partial charge in [-0.3, -0.25) is 4.79 Å². The highest BCUT2D eigenvalue weighted by atomic mass is 32.2. The van der Waals surface area contributed by atoms with Crippen LogP contribution in [0.2, 0.25) is 0 Å². The van der Waals surface area contributed by atoms with Crippen molar-refractivity contribution >= 4 is 16.9 Å². The predicted octanol–water partition coefficient (Wildman–Crippen LogP) is 3.07. The maximum atomic E-state index is 11.4. The molecule has 0 aromatic carbocycles. The van der Waals surface area contributed by atoms with E-state index in [-0.39, 0.29) is 10.5 Å². The molecular formula is C10H20O2S. The molecule has 0 aliphatic heterocycles. The number of ether oxygens (including phenoxy) is 1. The third kappa shape index (κ3) is 7.08. The van der Waals surface area contributed by atoms with Gasteiger partial charge in [-0.25, -0.2) is 0 Å². The van der Waals surface area contributed by atoms with Crippen molar-refractivity contribution in [1.82, 2.24) is 0 Å². The first kappa shape index (κ1) is 13.0. The second-order valence-electron chi connectivity index (χ2n) is 4.06. The normalized spacial score (nSPS) is 11.7. The van der Waals surface area contributed by atoms with Crippen LogP contribution in [-0.2, 0) is 9.53 Å². The summed E-state index contributed by atoms with van der Waals surface area (Å²) < 4.78 is 5.28. The molecule has 0 aliphatic carbocycles. The van der Waals surface area contributed by atoms with E-state index in [9.17, 15) is 4.79 Å². The molecular weight excluding hydrogens is 184 g/mol. The molecule has 0 fully saturated rings. The highest BCUT2D eigenvalue weighted by Crippen LogP contribution is 2.22. The summed E-state index contributed by atoms with van der Waals surface area (Å²) in [7, 11) is 0. The van der Waals surface area contributed by atoms with Crippen LogP contribution in [0.25, 0.3) is 0 Å². The minimum Gasteiger partial charge on any atom is -0.370 e. The highest BCUT2D eigenvalue weighted by molar-refractivity contribution is 8.13. The average Bonchev–Trinajstić information content (AvgIpc) is 2.02. The molecule has 3 heteroatoms. The standard InChI is InChI=1S/C10H20O2S/c1-5-6-7-12-8-13-9(11)10(2,3)4/h5-8H2,1-4H3. The lowest BCUT2D eigenvalue weighted by Crippen LogP contribution is -2.17. The van der Waals surface area contributed by atoms with Gasteiger partial charge < -0.3 is 4.74 Å². The Labute approximate surface area is 85.4 Å². The zero-order chi connectivity index (χ0) is 10.3. The van der Waals surface area contributed by atoms with Crippen molar-refractivity contribution in [2.75, 3.05) is 12.5 Å². The summed E-state index contributed by atoms with van der Waals surface area (Å²) in [4.78, 5) is 11.4. The Bertz CT molecular complexity index is 149. The SMILES string of the molecule is CCCCOCSC(=O)C(C)(C)C. The predicted molar refractivity (Wildman–Crippen MR) is 57.8 cm³/mol. The van der Waals surface area contributed by atoms with Crippen LogP contribution >= 0.6 is 11.8 Å². The zero-order valence-electron chi connectivity index (χ0n) is 9.05. The van der Waals surface area contributed by atoms with Crippen molar-refractivity contribution in [3.63, 3.8) is 0 Å². The molecule has 0 saturated carbocycles. The summed E-state index contributed by atoms with van der Waals surface area (Å²) in [6.45, 7) is 8.66. The fraction of sp³-hybridized carbons (Fsp3) is 0.900. The summed E-state index contributed by atoms with van der Waals surface area (Å²) in [6, 6.07) is 0. The van der Waals surface area contributed by atoms with Crippen LogP contribution in [0, 0.1) is 5.41 Å². The molecule has 78 valence electrons. The van der Waals surface area contributed by atoms with Crippen molar-refractivity contribution in [3.8, 4) is 0 Å². The third-order valence-corrected chi connectivity index (χ3v) is 2.69. The molecule has 0 radical (unpaired) electrons. The van der Waals surface area contributed by atoms with Gasteiger partial charge in [0.2, 0.25) is 0 Å². The molecule has 0 spiro atoms. The molecule has 0 amide bonds. The van der Waals surface area contributed by atoms with E-state index in [4.69, 9.17) is 4.74 Å². The van der Waals surface area contributed by atoms with Crippen LogP contribution < -0.4 is 0 Å². The lowest BCUT2D eigenvalue weighted by molar-refractivity contribution is -0.117. The molecule has 0 aromatic heterocycles. The van der Waals surface area contributed by atoms with Gasteiger partial charge in [-0.2, -0.15) is 0 Å². The van der Waals surface area contributed by atoms with Gasteiger partial charge >= 0.3 is 0 Å². The Morgan fingerprint density at radius 1 is 1.38 bits per heavy atom. The van der Waals surface area contributed by atoms with Crippen LogP contribution in [0.1, 0.15) is 40.5 Å². The molecule has 0 unspecified atom stereocenters. The first-order valence-electron chi connectivity index (χ1n) is 4.73. The van der Waals surface area contributed by atoms with Crippen molar-refractivity contribution in [1.29, 1.82) is 0 Å². The van der Waals surface area contributed by atoms with Crippen LogP contribution in [0.4, 0.5) is 0 Å². The molecule has 0 atom stereocenters. The number of unbranched alkanes of at least 4 members (excludes halogenated alkanes) is 1. The van der Waals surface area contributed by atoms with Gasteiger partial charge in [-0.1, -0.05) is 45.9 Å². The van der Waals surface area contributed by atoms with Gasteiger partial charge in [-0.05, 0) is 6.42 Å². The maximum absolute atomic E-state index is 11.4. The van der Waals surface area contributed by atoms with Gasteiger partial charge in [-0.15, -0.1) is 0 Å². The summed E-state index contributed by atoms with van der Waals surface area (Å²) >= 11 is 1.27. The number of carbonyl (C=O) groups excluding carboxylic acids is 1. The minimum absolute atomic E-state index is 0.198. The van der Waals surface area contributed by atoms with Crippen molar-refractivity contribution in [2.45, 2.75) is 40.5 Å². The molecule has 0 aromatic rings. The van der Waals surface area contributed by atoms with Gasteiger partial charge in [0.25, 0.3) is 0 Å². The number of rotatable bonds is 5. The lowest BCUT2D eigenvalue weighted by Gasteiger charge is -2.15. The van der Waals surface area contributed by atoms with E-state index in [1.165, 1.54) is 11.8 Å². The number of hydrogen-bond donors (Lipinski definition) is 0. The van der Waals surface area contributed by atoms with Crippen LogP contribution in [-0.4, -0.2) is 17.7 Å². The summed E-state index contributed by atoms with van der Waals surface area (Å²) in [5.74, 6) is 0.496. The Morgan fingerprint density at radius 3 is 2.46 bits per heavy atom. The van der Waals surface area contributed by atoms with E-state index in [1.807, 2.05) is 20.8 Å². The van der Waals surface area contributed by atoms with Crippen LogP contribution in [0.15, 0.2) is 0 Å². The fourth-order valence-electron chi connectivity index (χ4n) is 0.617. The Balaban J connectivity index is 3.38. The molecule has 0 bridgehead atoms. The highest BCUT2D eigenvalue weighted by Gasteiger charge is 2.21. The monoisotopic (exact) mass is 204 g/mol. The number of hydrogen-bond acceptors (Lipinski definition) is 3. The fourth-order valence-corrected chi connectivity index (χ4v) is 1.36. The average molecular weight is 204 g/mol. The zero-order valence-corrected chi connectivity index (χ0v) is 9.87. The van der Waals surface area contributed by atoms with E-state index in [0.717, 1.165) is 19.4 Å². The molecule has 0 aliphatic rings. The van der Waals surface area contributed by atoms with Crippen molar-refractivity contribution in [3.05, 3.63) is 0 Å². The van der Waals surface area contributed by atoms with E-state index >= 15 is 0 Å². The van der Waals surface area contributed by atoms with Gasteiger partial charge in [0.1, 0.15) is 0 Å². The second-order valence-corrected chi connectivity index (χ2v) is 4.96. The number of thioether (sulfide) groups is 1. The van der Waals surface area contributed by atoms with E-state index < -0.39 is 0 Å². The Hall–Kier alpha value is -0.0200. The van der Waals surface area contributed by atoms with Crippen molar-refractivity contribution < 1.29 is 9.53 Å². The topological polar surface area (TPSA) is 26.3 Å². The minimum atomic E-state index is -0.251. The van der Waals surface area contributed by atoms with Crippen molar-refractivity contribution in [2.24, 2.45) is 5.41 Å². The van der Waals surface area contributed by atoms with Gasteiger partial charge in [0, 0.05) is 12.0 Å². The summed E-state index contributed by atoms with van der Waals surface area (Å²) in [5.41, 5.74) is -0.251. The van der Waals surface area contributed by atoms with Gasteiger partial charge in [0.05, 0.1) is 5.94 Å². The van der Waals surface area contributed by atoms with E-state index in [0.29, 0.717) is 5.94 Å². The molecule has 0 rings (SSSR count). The molecule has 0 heterocycles. The van der Waals surface area contributed by atoms with Gasteiger partial charge in [0.15, 0.2) is 5.12 Å². The molecule has 0 N–H and O–H groups in total. The molecule has 13 heavy (non-hydrogen) atoms. The lowest BCUT2D eigenvalue weighted by atomic mass is 10.00. The third-order valence-electron chi connectivity index (χ3n) is 1.53. The Morgan fingerprint density at radius 2 is 2.00 bits per heavy atom. The Kier molecular flexibility index (Phi) is 6.43. The van der Waals surface area contributed by atoms with Crippen LogP contribution in [0.5, 0.6) is 0 Å². The first-order valence-corrected chi connectivity index (χ1v) is 5.72.